The molecular weight excluding hydrogens is 511 g/mol. The molecule has 37 heavy (non-hydrogen) atoms. The summed E-state index contributed by atoms with van der Waals surface area (Å²) in [6.07, 6.45) is -0.118. The smallest absolute Gasteiger partial charge is 0.391 e. The van der Waals surface area contributed by atoms with Gasteiger partial charge in [0.2, 0.25) is 0 Å². The maximum absolute atomic E-state index is 13.0. The number of carbonyl (C=O) groups is 1. The quantitative estimate of drug-likeness (QED) is 0.498. The minimum Gasteiger partial charge on any atom is -0.495 e. The monoisotopic (exact) mass is 545 g/mol. The zero-order valence-corrected chi connectivity index (χ0v) is 22.2. The summed E-state index contributed by atoms with van der Waals surface area (Å²) in [5.41, 5.74) is -0.0749. The Labute approximate surface area is 215 Å². The number of ether oxygens (including phenoxy) is 1. The number of sulfone groups is 1. The second-order valence-electron chi connectivity index (χ2n) is 9.85. The van der Waals surface area contributed by atoms with E-state index in [1.54, 1.807) is 22.8 Å². The third kappa shape index (κ3) is 7.04. The van der Waals surface area contributed by atoms with Gasteiger partial charge in [0.25, 0.3) is 5.91 Å². The van der Waals surface area contributed by atoms with Crippen molar-refractivity contribution in [3.8, 4) is 11.4 Å². The van der Waals surface area contributed by atoms with Crippen LogP contribution in [0.4, 0.5) is 13.2 Å². The normalized spacial score (nSPS) is 21.5. The number of rotatable bonds is 9. The van der Waals surface area contributed by atoms with Crippen molar-refractivity contribution in [3.05, 3.63) is 41.5 Å². The Hall–Kier alpha value is -2.60. The molecule has 1 aliphatic carbocycles. The summed E-state index contributed by atoms with van der Waals surface area (Å²) in [4.78, 5) is 17.3. The van der Waals surface area contributed by atoms with Gasteiger partial charge in [-0.15, -0.1) is 0 Å². The predicted molar refractivity (Wildman–Crippen MR) is 133 cm³/mol. The van der Waals surface area contributed by atoms with Crippen LogP contribution in [0.15, 0.2) is 24.4 Å². The molecule has 1 aromatic heterocycles. The van der Waals surface area contributed by atoms with E-state index in [9.17, 15) is 31.5 Å². The van der Waals surface area contributed by atoms with Crippen molar-refractivity contribution >= 4 is 15.7 Å². The van der Waals surface area contributed by atoms with Gasteiger partial charge in [-0.3, -0.25) is 9.36 Å². The number of hydrogen-bond acceptors (Lipinski definition) is 6. The van der Waals surface area contributed by atoms with E-state index in [2.05, 4.69) is 10.3 Å². The summed E-state index contributed by atoms with van der Waals surface area (Å²) < 4.78 is 69.6. The lowest BCUT2D eigenvalue weighted by Gasteiger charge is -2.35. The number of nitrogens with one attached hydrogen (secondary N) is 1. The molecule has 1 amide bonds. The first-order chi connectivity index (χ1) is 17.2. The lowest BCUT2D eigenvalue weighted by atomic mass is 9.84. The van der Waals surface area contributed by atoms with Gasteiger partial charge in [-0.2, -0.15) is 13.2 Å². The third-order valence-electron chi connectivity index (χ3n) is 6.98. The van der Waals surface area contributed by atoms with Crippen LogP contribution in [0.25, 0.3) is 5.69 Å². The van der Waals surface area contributed by atoms with Crippen LogP contribution in [-0.4, -0.2) is 65.9 Å². The fourth-order valence-electron chi connectivity index (χ4n) is 4.57. The van der Waals surface area contributed by atoms with Crippen molar-refractivity contribution in [3.63, 3.8) is 0 Å². The summed E-state index contributed by atoms with van der Waals surface area (Å²) in [7, 11) is -1.75. The number of nitrogens with zero attached hydrogens (tertiary/aromatic N) is 2. The number of aliphatic hydroxyl groups is 1. The summed E-state index contributed by atoms with van der Waals surface area (Å²) >= 11 is 0. The molecule has 0 radical (unpaired) electrons. The maximum Gasteiger partial charge on any atom is 0.391 e. The first-order valence-electron chi connectivity index (χ1n) is 12.2. The van der Waals surface area contributed by atoms with E-state index in [-0.39, 0.29) is 31.5 Å². The van der Waals surface area contributed by atoms with Crippen LogP contribution in [0, 0.1) is 5.92 Å². The van der Waals surface area contributed by atoms with Crippen LogP contribution in [-0.2, 0) is 22.7 Å². The van der Waals surface area contributed by atoms with Gasteiger partial charge in [0, 0.05) is 25.4 Å². The Kier molecular flexibility index (Phi) is 8.63. The van der Waals surface area contributed by atoms with Crippen molar-refractivity contribution < 1.29 is 36.2 Å². The standard InChI is InChI=1S/C25H34F3N3O5S/c1-5-22-30-19(23(32)29-15-24(33)10-8-18(9-11-24)37(4,34)35)14-31(22)20-7-6-17(13-21(20)36-3)12-16(2)25(26,27)28/h6-7,13-14,16,18,33H,5,8-12,15H2,1-4H3,(H,29,32)/t16-,18?,24?/m1/s1. The van der Waals surface area contributed by atoms with Crippen LogP contribution in [0.3, 0.4) is 0 Å². The number of halogens is 3. The average molecular weight is 546 g/mol. The molecule has 3 rings (SSSR count). The number of aryl methyl sites for hydroxylation is 1. The summed E-state index contributed by atoms with van der Waals surface area (Å²) in [6.45, 7) is 2.95. The van der Waals surface area contributed by atoms with Gasteiger partial charge in [-0.25, -0.2) is 13.4 Å². The molecule has 0 spiro atoms. The van der Waals surface area contributed by atoms with E-state index >= 15 is 0 Å². The van der Waals surface area contributed by atoms with Gasteiger partial charge in [-0.1, -0.05) is 19.9 Å². The summed E-state index contributed by atoms with van der Waals surface area (Å²) in [5.74, 6) is -1.11. The number of benzene rings is 1. The summed E-state index contributed by atoms with van der Waals surface area (Å²) in [5, 5.41) is 13.0. The maximum atomic E-state index is 13.0. The highest BCUT2D eigenvalue weighted by atomic mass is 32.2. The van der Waals surface area contributed by atoms with Crippen LogP contribution < -0.4 is 10.1 Å². The molecule has 0 bridgehead atoms. The van der Waals surface area contributed by atoms with Crippen molar-refractivity contribution in [1.82, 2.24) is 14.9 Å². The van der Waals surface area contributed by atoms with E-state index in [1.807, 2.05) is 6.92 Å². The molecule has 1 saturated carbocycles. The van der Waals surface area contributed by atoms with Crippen LogP contribution in [0.1, 0.15) is 61.4 Å². The van der Waals surface area contributed by atoms with Gasteiger partial charge in [0.15, 0.2) is 0 Å². The van der Waals surface area contributed by atoms with Crippen LogP contribution >= 0.6 is 0 Å². The largest absolute Gasteiger partial charge is 0.495 e. The fourth-order valence-corrected chi connectivity index (χ4v) is 5.66. The van der Waals surface area contributed by atoms with Crippen LogP contribution in [0.5, 0.6) is 5.75 Å². The zero-order valence-electron chi connectivity index (χ0n) is 21.4. The van der Waals surface area contributed by atoms with Gasteiger partial charge in [0.05, 0.1) is 29.6 Å². The number of amides is 1. The highest BCUT2D eigenvalue weighted by Gasteiger charge is 2.37. The number of aromatic nitrogens is 2. The van der Waals surface area contributed by atoms with Crippen molar-refractivity contribution in [2.75, 3.05) is 19.9 Å². The second-order valence-corrected chi connectivity index (χ2v) is 12.2. The highest BCUT2D eigenvalue weighted by molar-refractivity contribution is 7.91. The molecule has 1 atom stereocenters. The topological polar surface area (TPSA) is 111 Å². The van der Waals surface area contributed by atoms with E-state index in [0.29, 0.717) is 42.1 Å². The Morgan fingerprint density at radius 2 is 1.97 bits per heavy atom. The Morgan fingerprint density at radius 3 is 2.51 bits per heavy atom. The minimum atomic E-state index is -4.30. The second kappa shape index (κ2) is 11.0. The van der Waals surface area contributed by atoms with E-state index in [4.69, 9.17) is 4.74 Å². The van der Waals surface area contributed by atoms with Gasteiger partial charge < -0.3 is 15.2 Å². The Balaban J connectivity index is 1.75. The fraction of sp³-hybridized carbons (Fsp3) is 0.600. The van der Waals surface area contributed by atoms with Gasteiger partial charge in [-0.05, 0) is 49.8 Å². The number of imidazole rings is 1. The molecule has 1 fully saturated rings. The molecule has 12 heteroatoms. The molecule has 0 unspecified atom stereocenters. The first kappa shape index (κ1) is 29.0. The predicted octanol–water partition coefficient (Wildman–Crippen LogP) is 3.63. The average Bonchev–Trinajstić information content (AvgIpc) is 3.26. The Morgan fingerprint density at radius 1 is 1.32 bits per heavy atom. The first-order valence-corrected chi connectivity index (χ1v) is 14.1. The lowest BCUT2D eigenvalue weighted by Crippen LogP contribution is -2.47. The molecule has 2 N–H and O–H groups in total. The Bertz CT molecular complexity index is 1220. The zero-order chi connectivity index (χ0) is 27.6. The molecule has 0 saturated heterocycles. The SMILES string of the molecule is CCc1nc(C(=O)NCC2(O)CCC(S(C)(=O)=O)CC2)cn1-c1ccc(C[C@@H](C)C(F)(F)F)cc1OC. The van der Waals surface area contributed by atoms with Crippen molar-refractivity contribution in [1.29, 1.82) is 0 Å². The van der Waals surface area contributed by atoms with Gasteiger partial charge >= 0.3 is 6.18 Å². The van der Waals surface area contributed by atoms with E-state index < -0.39 is 38.7 Å². The highest BCUT2D eigenvalue weighted by Crippen LogP contribution is 2.33. The number of carbonyl (C=O) groups excluding carboxylic acids is 1. The van der Waals surface area contributed by atoms with Crippen LogP contribution in [0.2, 0.25) is 0 Å². The molecule has 206 valence electrons. The molecule has 1 aliphatic rings. The van der Waals surface area contributed by atoms with E-state index in [0.717, 1.165) is 6.92 Å². The lowest BCUT2D eigenvalue weighted by molar-refractivity contribution is -0.169. The molecule has 0 aliphatic heterocycles. The molecule has 1 heterocycles. The van der Waals surface area contributed by atoms with E-state index in [1.165, 1.54) is 19.6 Å². The van der Waals surface area contributed by atoms with Gasteiger partial charge in [0.1, 0.15) is 27.1 Å². The number of alkyl halides is 3. The van der Waals surface area contributed by atoms with Crippen molar-refractivity contribution in [2.24, 2.45) is 5.92 Å². The number of methoxy groups -OCH3 is 1. The third-order valence-corrected chi connectivity index (χ3v) is 8.66. The summed E-state index contributed by atoms with van der Waals surface area (Å²) in [6, 6.07) is 4.80. The molecular formula is C25H34F3N3O5S. The molecule has 1 aromatic carbocycles. The number of hydrogen-bond donors (Lipinski definition) is 2. The molecule has 8 nitrogen and oxygen atoms in total. The van der Waals surface area contributed by atoms with Crippen molar-refractivity contribution in [2.45, 2.75) is 69.4 Å². The minimum absolute atomic E-state index is 0.0357. The molecule has 2 aromatic rings.